The largest absolute Gasteiger partial charge is 0.393 e. The minimum absolute atomic E-state index is 0.0607. The Bertz CT molecular complexity index is 602. The molecule has 5 rings (SSSR count). The Morgan fingerprint density at radius 3 is 2.48 bits per heavy atom. The molecule has 1 unspecified atom stereocenters. The molecule has 5 fully saturated rings. The topological polar surface area (TPSA) is 49.8 Å². The molecule has 5 aliphatic rings. The van der Waals surface area contributed by atoms with Crippen LogP contribution >= 0.6 is 0 Å². The first-order chi connectivity index (χ1) is 11.8. The van der Waals surface area contributed by atoms with Gasteiger partial charge in [-0.05, 0) is 93.8 Å². The van der Waals surface area contributed by atoms with Gasteiger partial charge in [-0.3, -0.25) is 4.79 Å². The summed E-state index contributed by atoms with van der Waals surface area (Å²) in [6.45, 7) is 6.70. The molecular weight excluding hydrogens is 312 g/mol. The molecule has 1 spiro atoms. The van der Waals surface area contributed by atoms with Crippen LogP contribution in [-0.4, -0.2) is 28.7 Å². The van der Waals surface area contributed by atoms with Crippen LogP contribution in [0.15, 0.2) is 0 Å². The highest BCUT2D eigenvalue weighted by molar-refractivity contribution is 5.85. The second-order valence-corrected chi connectivity index (χ2v) is 10.6. The standard InChI is InChI=1S/C22H34O3/c1-13(23)19-22(25-19)11-8-18-16-5-4-14-12-15(24)6-9-20(14,2)17(16)7-10-21(18,22)3/h14-19,24H,4-12H2,1-3H3/t14-,15-,16+,17-,18-,19?,20-,21-,22+/m0/s1. The molecule has 140 valence electrons. The molecule has 25 heavy (non-hydrogen) atoms. The zero-order valence-corrected chi connectivity index (χ0v) is 16.1. The third kappa shape index (κ3) is 1.98. The summed E-state index contributed by atoms with van der Waals surface area (Å²) in [4.78, 5) is 12.0. The molecule has 1 heterocycles. The smallest absolute Gasteiger partial charge is 0.161 e. The van der Waals surface area contributed by atoms with E-state index >= 15 is 0 Å². The summed E-state index contributed by atoms with van der Waals surface area (Å²) in [6, 6.07) is 0. The highest BCUT2D eigenvalue weighted by Crippen LogP contribution is 2.73. The third-order valence-electron chi connectivity index (χ3n) is 9.88. The van der Waals surface area contributed by atoms with Gasteiger partial charge in [0.05, 0.1) is 6.10 Å². The summed E-state index contributed by atoms with van der Waals surface area (Å²) in [5, 5.41) is 10.2. The van der Waals surface area contributed by atoms with Gasteiger partial charge in [0.25, 0.3) is 0 Å². The lowest BCUT2D eigenvalue weighted by atomic mass is 9.44. The fraction of sp³-hybridized carbons (Fsp3) is 0.955. The number of aliphatic hydroxyl groups excluding tert-OH is 1. The fourth-order valence-corrected chi connectivity index (χ4v) is 8.48. The maximum Gasteiger partial charge on any atom is 0.161 e. The van der Waals surface area contributed by atoms with Crippen molar-refractivity contribution >= 4 is 5.78 Å². The Hall–Kier alpha value is -0.410. The number of epoxide rings is 1. The second kappa shape index (κ2) is 5.10. The monoisotopic (exact) mass is 346 g/mol. The average Bonchev–Trinajstić information content (AvgIpc) is 3.24. The quantitative estimate of drug-likeness (QED) is 0.727. The van der Waals surface area contributed by atoms with Crippen LogP contribution in [0.5, 0.6) is 0 Å². The minimum atomic E-state index is -0.116. The molecule has 0 bridgehead atoms. The number of ether oxygens (including phenoxy) is 1. The van der Waals surface area contributed by atoms with Gasteiger partial charge in [0.2, 0.25) is 0 Å². The van der Waals surface area contributed by atoms with E-state index in [0.717, 1.165) is 42.9 Å². The summed E-state index contributed by atoms with van der Waals surface area (Å²) in [6.07, 6.45) is 10.6. The van der Waals surface area contributed by atoms with Gasteiger partial charge in [0.1, 0.15) is 11.7 Å². The molecule has 0 radical (unpaired) electrons. The van der Waals surface area contributed by atoms with Gasteiger partial charge in [-0.25, -0.2) is 0 Å². The maximum atomic E-state index is 12.0. The number of hydrogen-bond donors (Lipinski definition) is 1. The third-order valence-corrected chi connectivity index (χ3v) is 9.88. The Labute approximate surface area is 151 Å². The van der Waals surface area contributed by atoms with Crippen molar-refractivity contribution in [1.82, 2.24) is 0 Å². The van der Waals surface area contributed by atoms with Crippen molar-refractivity contribution < 1.29 is 14.6 Å². The van der Waals surface area contributed by atoms with Crippen LogP contribution in [0.3, 0.4) is 0 Å². The van der Waals surface area contributed by atoms with Crippen molar-refractivity contribution in [3.8, 4) is 0 Å². The Morgan fingerprint density at radius 1 is 1.00 bits per heavy atom. The van der Waals surface area contributed by atoms with E-state index in [4.69, 9.17) is 4.74 Å². The van der Waals surface area contributed by atoms with E-state index in [2.05, 4.69) is 13.8 Å². The van der Waals surface area contributed by atoms with Crippen molar-refractivity contribution in [2.75, 3.05) is 0 Å². The first kappa shape index (κ1) is 16.7. The van der Waals surface area contributed by atoms with Gasteiger partial charge >= 0.3 is 0 Å². The molecular formula is C22H34O3. The number of hydrogen-bond acceptors (Lipinski definition) is 3. The minimum Gasteiger partial charge on any atom is -0.393 e. The summed E-state index contributed by atoms with van der Waals surface area (Å²) in [7, 11) is 0. The Balaban J connectivity index is 1.44. The number of fused-ring (bicyclic) bond motifs is 6. The zero-order chi connectivity index (χ0) is 17.6. The maximum absolute atomic E-state index is 12.0. The van der Waals surface area contributed by atoms with Crippen LogP contribution < -0.4 is 0 Å². The van der Waals surface area contributed by atoms with E-state index in [1.54, 1.807) is 6.92 Å². The molecule has 1 N–H and O–H groups in total. The predicted molar refractivity (Wildman–Crippen MR) is 96.0 cm³/mol. The van der Waals surface area contributed by atoms with Gasteiger partial charge in [-0.15, -0.1) is 0 Å². The molecule has 0 aromatic rings. The first-order valence-corrected chi connectivity index (χ1v) is 10.7. The van der Waals surface area contributed by atoms with Crippen LogP contribution in [0.25, 0.3) is 0 Å². The van der Waals surface area contributed by atoms with Crippen molar-refractivity contribution in [3.05, 3.63) is 0 Å². The molecule has 1 aliphatic heterocycles. The summed E-state index contributed by atoms with van der Waals surface area (Å²) < 4.78 is 6.14. The van der Waals surface area contributed by atoms with Crippen molar-refractivity contribution in [1.29, 1.82) is 0 Å². The van der Waals surface area contributed by atoms with Crippen LogP contribution in [0, 0.1) is 34.5 Å². The first-order valence-electron chi connectivity index (χ1n) is 10.7. The van der Waals surface area contributed by atoms with Crippen LogP contribution in [0.4, 0.5) is 0 Å². The van der Waals surface area contributed by atoms with Gasteiger partial charge in [-0.1, -0.05) is 13.8 Å². The van der Waals surface area contributed by atoms with Crippen LogP contribution in [0.2, 0.25) is 0 Å². The van der Waals surface area contributed by atoms with E-state index in [0.29, 0.717) is 5.41 Å². The van der Waals surface area contributed by atoms with Crippen LogP contribution in [0.1, 0.15) is 78.6 Å². The van der Waals surface area contributed by atoms with E-state index in [1.807, 2.05) is 0 Å². The second-order valence-electron chi connectivity index (χ2n) is 10.6. The summed E-state index contributed by atoms with van der Waals surface area (Å²) in [5.41, 5.74) is 0.528. The fourth-order valence-electron chi connectivity index (χ4n) is 8.48. The van der Waals surface area contributed by atoms with E-state index < -0.39 is 0 Å². The lowest BCUT2D eigenvalue weighted by Gasteiger charge is -2.60. The highest BCUT2D eigenvalue weighted by atomic mass is 16.6. The Kier molecular flexibility index (Phi) is 3.41. The van der Waals surface area contributed by atoms with E-state index in [9.17, 15) is 9.90 Å². The van der Waals surface area contributed by atoms with Gasteiger partial charge < -0.3 is 9.84 Å². The molecule has 0 amide bonds. The van der Waals surface area contributed by atoms with Gasteiger partial charge in [0, 0.05) is 5.41 Å². The molecule has 0 aromatic carbocycles. The number of ketones is 1. The van der Waals surface area contributed by atoms with Crippen LogP contribution in [-0.2, 0) is 9.53 Å². The van der Waals surface area contributed by atoms with Crippen molar-refractivity contribution in [2.45, 2.75) is 96.4 Å². The number of rotatable bonds is 1. The van der Waals surface area contributed by atoms with Crippen molar-refractivity contribution in [3.63, 3.8) is 0 Å². The molecule has 0 aromatic heterocycles. The molecule has 4 aliphatic carbocycles. The summed E-state index contributed by atoms with van der Waals surface area (Å²) in [5.74, 6) is 3.33. The lowest BCUT2D eigenvalue weighted by Crippen LogP contribution is -2.55. The summed E-state index contributed by atoms with van der Waals surface area (Å²) >= 11 is 0. The molecule has 9 atom stereocenters. The molecule has 3 heteroatoms. The van der Waals surface area contributed by atoms with Gasteiger partial charge in [0.15, 0.2) is 5.78 Å². The van der Waals surface area contributed by atoms with E-state index in [-0.39, 0.29) is 29.0 Å². The van der Waals surface area contributed by atoms with E-state index in [1.165, 1.54) is 38.5 Å². The zero-order valence-electron chi connectivity index (χ0n) is 16.1. The highest BCUT2D eigenvalue weighted by Gasteiger charge is 2.75. The van der Waals surface area contributed by atoms with Gasteiger partial charge in [-0.2, -0.15) is 0 Å². The normalized spacial score (nSPS) is 59.8. The molecule has 4 saturated carbocycles. The number of carbonyl (C=O) groups excluding carboxylic acids is 1. The number of carbonyl (C=O) groups is 1. The molecule has 3 nitrogen and oxygen atoms in total. The number of aliphatic hydroxyl groups is 1. The SMILES string of the molecule is CC(=O)C1O[C@]12CC[C@H]1[C@@H]3CC[C@H]4C[C@@H](O)CC[C@]4(C)[C@H]3CC[C@@]12C. The number of Topliss-reactive ketones (excluding diaryl/α,β-unsaturated/α-hetero) is 1. The Morgan fingerprint density at radius 2 is 1.76 bits per heavy atom. The average molecular weight is 347 g/mol. The lowest BCUT2D eigenvalue weighted by molar-refractivity contribution is -0.128. The predicted octanol–water partition coefficient (Wildman–Crippen LogP) is 4.12. The van der Waals surface area contributed by atoms with Crippen molar-refractivity contribution in [2.24, 2.45) is 34.5 Å². The molecule has 1 saturated heterocycles.